The third kappa shape index (κ3) is 5.43. The average molecular weight is 334 g/mol. The standard InChI is InChI=1S/C7H5IO2.C4H10N2/c8-6-3-1-2-5(4-6)7(9)10;1-2-6-4-3-5-1/h1-4H,(H,9,10);5-6H,1-4H2. The summed E-state index contributed by atoms with van der Waals surface area (Å²) in [6, 6.07) is 6.78. The monoisotopic (exact) mass is 334 g/mol. The molecule has 2 rings (SSSR count). The number of carboxylic acids is 1. The lowest BCUT2D eigenvalue weighted by Gasteiger charge is -2.11. The van der Waals surface area contributed by atoms with Crippen molar-refractivity contribution < 1.29 is 9.90 Å². The number of halogens is 1. The van der Waals surface area contributed by atoms with Crippen molar-refractivity contribution in [3.63, 3.8) is 0 Å². The van der Waals surface area contributed by atoms with Gasteiger partial charge in [-0.15, -0.1) is 0 Å². The third-order valence-electron chi connectivity index (χ3n) is 2.03. The summed E-state index contributed by atoms with van der Waals surface area (Å²) in [5, 5.41) is 15.0. The molecule has 0 unspecified atom stereocenters. The second-order valence-corrected chi connectivity index (χ2v) is 4.56. The molecule has 0 spiro atoms. The fraction of sp³-hybridized carbons (Fsp3) is 0.364. The number of nitrogens with one attached hydrogen (secondary N) is 2. The van der Waals surface area contributed by atoms with Crippen LogP contribution in [-0.4, -0.2) is 37.3 Å². The van der Waals surface area contributed by atoms with E-state index in [1.165, 1.54) is 0 Å². The first-order chi connectivity index (χ1) is 7.70. The topological polar surface area (TPSA) is 61.4 Å². The van der Waals surface area contributed by atoms with Crippen LogP contribution in [-0.2, 0) is 0 Å². The van der Waals surface area contributed by atoms with Gasteiger partial charge in [-0.05, 0) is 40.8 Å². The van der Waals surface area contributed by atoms with Gasteiger partial charge < -0.3 is 15.7 Å². The molecule has 0 saturated carbocycles. The molecular formula is C11H15IN2O2. The zero-order valence-electron chi connectivity index (χ0n) is 8.87. The smallest absolute Gasteiger partial charge is 0.335 e. The summed E-state index contributed by atoms with van der Waals surface area (Å²) < 4.78 is 0.942. The Kier molecular flexibility index (Phi) is 6.36. The summed E-state index contributed by atoms with van der Waals surface area (Å²) in [5.74, 6) is -0.876. The van der Waals surface area contributed by atoms with Crippen LogP contribution in [0.5, 0.6) is 0 Å². The van der Waals surface area contributed by atoms with Crippen molar-refractivity contribution in [3.8, 4) is 0 Å². The molecule has 1 aliphatic heterocycles. The van der Waals surface area contributed by atoms with Crippen LogP contribution in [0, 0.1) is 3.57 Å². The molecule has 0 radical (unpaired) electrons. The molecule has 16 heavy (non-hydrogen) atoms. The number of rotatable bonds is 1. The Bertz CT molecular complexity index is 329. The van der Waals surface area contributed by atoms with Crippen LogP contribution in [0.2, 0.25) is 0 Å². The zero-order valence-corrected chi connectivity index (χ0v) is 11.0. The minimum absolute atomic E-state index is 0.340. The maximum Gasteiger partial charge on any atom is 0.335 e. The summed E-state index contributed by atoms with van der Waals surface area (Å²) in [4.78, 5) is 10.3. The van der Waals surface area contributed by atoms with Crippen molar-refractivity contribution in [3.05, 3.63) is 33.4 Å². The van der Waals surface area contributed by atoms with Gasteiger partial charge in [0.05, 0.1) is 5.56 Å². The first-order valence-electron chi connectivity index (χ1n) is 5.10. The molecule has 1 aromatic carbocycles. The van der Waals surface area contributed by atoms with Gasteiger partial charge in [-0.25, -0.2) is 4.79 Å². The molecule has 0 aromatic heterocycles. The average Bonchev–Trinajstić information content (AvgIpc) is 2.32. The SMILES string of the molecule is C1CNCCN1.O=C(O)c1cccc(I)c1. The summed E-state index contributed by atoms with van der Waals surface area (Å²) in [6.45, 7) is 4.56. The first-order valence-corrected chi connectivity index (χ1v) is 6.18. The number of carbonyl (C=O) groups is 1. The van der Waals surface area contributed by atoms with Gasteiger partial charge in [0, 0.05) is 29.7 Å². The van der Waals surface area contributed by atoms with E-state index in [9.17, 15) is 4.79 Å². The predicted octanol–water partition coefficient (Wildman–Crippen LogP) is 1.17. The molecule has 1 aliphatic rings. The second-order valence-electron chi connectivity index (χ2n) is 3.32. The summed E-state index contributed by atoms with van der Waals surface area (Å²) >= 11 is 2.08. The predicted molar refractivity (Wildman–Crippen MR) is 71.9 cm³/mol. The van der Waals surface area contributed by atoms with Gasteiger partial charge in [0.1, 0.15) is 0 Å². The van der Waals surface area contributed by atoms with Crippen molar-refractivity contribution in [1.82, 2.24) is 10.6 Å². The quantitative estimate of drug-likeness (QED) is 0.675. The molecule has 5 heteroatoms. The van der Waals surface area contributed by atoms with Crippen molar-refractivity contribution in [1.29, 1.82) is 0 Å². The van der Waals surface area contributed by atoms with Crippen LogP contribution in [0.1, 0.15) is 10.4 Å². The molecule has 1 saturated heterocycles. The van der Waals surface area contributed by atoms with Crippen molar-refractivity contribution >= 4 is 28.6 Å². The van der Waals surface area contributed by atoms with Gasteiger partial charge in [-0.1, -0.05) is 6.07 Å². The third-order valence-corrected chi connectivity index (χ3v) is 2.70. The van der Waals surface area contributed by atoms with E-state index in [-0.39, 0.29) is 0 Å². The van der Waals surface area contributed by atoms with E-state index in [0.717, 1.165) is 29.7 Å². The van der Waals surface area contributed by atoms with Gasteiger partial charge in [0.2, 0.25) is 0 Å². The van der Waals surface area contributed by atoms with Crippen LogP contribution in [0.25, 0.3) is 0 Å². The molecule has 1 fully saturated rings. The van der Waals surface area contributed by atoms with Crippen LogP contribution in [0.3, 0.4) is 0 Å². The molecule has 88 valence electrons. The lowest BCUT2D eigenvalue weighted by Crippen LogP contribution is -2.39. The van der Waals surface area contributed by atoms with E-state index >= 15 is 0 Å². The lowest BCUT2D eigenvalue weighted by atomic mass is 10.2. The molecule has 0 aliphatic carbocycles. The molecule has 0 amide bonds. The highest BCUT2D eigenvalue weighted by molar-refractivity contribution is 14.1. The highest BCUT2D eigenvalue weighted by Crippen LogP contribution is 2.06. The summed E-state index contributed by atoms with van der Waals surface area (Å²) in [5.41, 5.74) is 0.340. The number of hydrogen-bond donors (Lipinski definition) is 3. The number of benzene rings is 1. The molecule has 4 nitrogen and oxygen atoms in total. The molecule has 3 N–H and O–H groups in total. The highest BCUT2D eigenvalue weighted by atomic mass is 127. The zero-order chi connectivity index (χ0) is 11.8. The van der Waals surface area contributed by atoms with Gasteiger partial charge in [0.15, 0.2) is 0 Å². The van der Waals surface area contributed by atoms with E-state index in [1.54, 1.807) is 18.2 Å². The fourth-order valence-electron chi connectivity index (χ4n) is 1.23. The van der Waals surface area contributed by atoms with Crippen LogP contribution in [0.4, 0.5) is 0 Å². The summed E-state index contributed by atoms with van der Waals surface area (Å²) in [7, 11) is 0. The van der Waals surface area contributed by atoms with Crippen molar-refractivity contribution in [2.45, 2.75) is 0 Å². The largest absolute Gasteiger partial charge is 0.478 e. The van der Waals surface area contributed by atoms with Gasteiger partial charge >= 0.3 is 5.97 Å². The Hall–Kier alpha value is -0.660. The van der Waals surface area contributed by atoms with E-state index in [0.29, 0.717) is 5.56 Å². The van der Waals surface area contributed by atoms with E-state index in [4.69, 9.17) is 5.11 Å². The Morgan fingerprint density at radius 2 is 1.75 bits per heavy atom. The minimum atomic E-state index is -0.876. The van der Waals surface area contributed by atoms with Gasteiger partial charge in [0.25, 0.3) is 0 Å². The van der Waals surface area contributed by atoms with E-state index in [1.807, 2.05) is 6.07 Å². The number of aromatic carboxylic acids is 1. The highest BCUT2D eigenvalue weighted by Gasteiger charge is 1.99. The van der Waals surface area contributed by atoms with E-state index < -0.39 is 5.97 Å². The first kappa shape index (κ1) is 13.4. The van der Waals surface area contributed by atoms with Gasteiger partial charge in [-0.3, -0.25) is 0 Å². The Balaban J connectivity index is 0.000000181. The molecule has 0 atom stereocenters. The van der Waals surface area contributed by atoms with Crippen molar-refractivity contribution in [2.24, 2.45) is 0 Å². The second kappa shape index (κ2) is 7.59. The maximum atomic E-state index is 10.3. The van der Waals surface area contributed by atoms with Gasteiger partial charge in [-0.2, -0.15) is 0 Å². The molecule has 1 aromatic rings. The number of carboxylic acid groups (broad SMARTS) is 1. The molecule has 0 bridgehead atoms. The fourth-order valence-corrected chi connectivity index (χ4v) is 1.77. The van der Waals surface area contributed by atoms with Crippen LogP contribution >= 0.6 is 22.6 Å². The Labute approximate surface area is 109 Å². The minimum Gasteiger partial charge on any atom is -0.478 e. The molecular weight excluding hydrogens is 319 g/mol. The van der Waals surface area contributed by atoms with Crippen LogP contribution in [0.15, 0.2) is 24.3 Å². The number of hydrogen-bond acceptors (Lipinski definition) is 3. The Morgan fingerprint density at radius 3 is 2.06 bits per heavy atom. The summed E-state index contributed by atoms with van der Waals surface area (Å²) in [6.07, 6.45) is 0. The lowest BCUT2D eigenvalue weighted by molar-refractivity contribution is 0.0697. The maximum absolute atomic E-state index is 10.3. The van der Waals surface area contributed by atoms with E-state index in [2.05, 4.69) is 33.2 Å². The number of piperazine rings is 1. The van der Waals surface area contributed by atoms with Crippen molar-refractivity contribution in [2.75, 3.05) is 26.2 Å². The Morgan fingerprint density at radius 1 is 1.19 bits per heavy atom. The molecule has 1 heterocycles. The normalized spacial score (nSPS) is 14.8. The van der Waals surface area contributed by atoms with Crippen LogP contribution < -0.4 is 10.6 Å².